The van der Waals surface area contributed by atoms with E-state index < -0.39 is 45.0 Å². The highest BCUT2D eigenvalue weighted by Gasteiger charge is 2.40. The maximum Gasteiger partial charge on any atom is 0.307 e. The molecule has 1 fully saturated rings. The van der Waals surface area contributed by atoms with Gasteiger partial charge >= 0.3 is 10.2 Å². The van der Waals surface area contributed by atoms with Gasteiger partial charge in [-0.15, -0.1) is 3.89 Å². The van der Waals surface area contributed by atoms with Gasteiger partial charge in [0.05, 0.1) is 16.3 Å². The summed E-state index contributed by atoms with van der Waals surface area (Å²) >= 11 is 5.72. The second kappa shape index (κ2) is 5.11. The SMILES string of the molecule is Nc1cc([N+](=O)[O-])c(Cl)cc1N1CC(S(=O)(=O)F)CC1=O. The molecule has 1 aromatic carbocycles. The number of nitrogens with two attached hydrogens (primary N) is 1. The van der Waals surface area contributed by atoms with Gasteiger partial charge in [-0.3, -0.25) is 14.9 Å². The zero-order valence-electron chi connectivity index (χ0n) is 10.3. The summed E-state index contributed by atoms with van der Waals surface area (Å²) in [7, 11) is -4.87. The van der Waals surface area contributed by atoms with E-state index in [4.69, 9.17) is 17.3 Å². The summed E-state index contributed by atoms with van der Waals surface area (Å²) in [4.78, 5) is 22.7. The molecule has 1 saturated heterocycles. The largest absolute Gasteiger partial charge is 0.397 e. The van der Waals surface area contributed by atoms with Gasteiger partial charge in [0, 0.05) is 19.0 Å². The zero-order chi connectivity index (χ0) is 15.9. The molecule has 11 heteroatoms. The molecule has 2 rings (SSSR count). The summed E-state index contributed by atoms with van der Waals surface area (Å²) in [5.74, 6) is -0.655. The first-order chi connectivity index (χ1) is 9.61. The fraction of sp³-hybridized carbons (Fsp3) is 0.300. The molecule has 0 radical (unpaired) electrons. The maximum absolute atomic E-state index is 13.0. The summed E-state index contributed by atoms with van der Waals surface area (Å²) < 4.78 is 34.7. The number of hydrogen-bond donors (Lipinski definition) is 1. The Kier molecular flexibility index (Phi) is 3.76. The second-order valence-electron chi connectivity index (χ2n) is 4.43. The highest BCUT2D eigenvalue weighted by Crippen LogP contribution is 2.37. The molecular formula is C10H9ClFN3O5S. The molecule has 1 atom stereocenters. The van der Waals surface area contributed by atoms with Gasteiger partial charge < -0.3 is 10.6 Å². The van der Waals surface area contributed by atoms with Crippen LogP contribution in [0.4, 0.5) is 20.9 Å². The Morgan fingerprint density at radius 3 is 2.57 bits per heavy atom. The summed E-state index contributed by atoms with van der Waals surface area (Å²) in [6, 6.07) is 2.04. The van der Waals surface area contributed by atoms with Crippen LogP contribution in [0, 0.1) is 10.1 Å². The van der Waals surface area contributed by atoms with Gasteiger partial charge in [0.1, 0.15) is 10.3 Å². The third kappa shape index (κ3) is 2.90. The fourth-order valence-corrected chi connectivity index (χ4v) is 2.93. The van der Waals surface area contributed by atoms with Crippen molar-refractivity contribution in [1.29, 1.82) is 0 Å². The van der Waals surface area contributed by atoms with E-state index in [2.05, 4.69) is 0 Å². The first kappa shape index (κ1) is 15.4. The van der Waals surface area contributed by atoms with E-state index in [1.54, 1.807) is 0 Å². The smallest absolute Gasteiger partial charge is 0.307 e. The number of rotatable bonds is 3. The predicted molar refractivity (Wildman–Crippen MR) is 73.3 cm³/mol. The molecule has 0 aliphatic carbocycles. The molecule has 1 aliphatic heterocycles. The number of benzene rings is 1. The lowest BCUT2D eigenvalue weighted by molar-refractivity contribution is -0.384. The van der Waals surface area contributed by atoms with Crippen molar-refractivity contribution in [1.82, 2.24) is 0 Å². The molecule has 0 bridgehead atoms. The van der Waals surface area contributed by atoms with Gasteiger partial charge in [0.25, 0.3) is 5.69 Å². The van der Waals surface area contributed by atoms with E-state index in [-0.39, 0.29) is 16.4 Å². The molecule has 0 saturated carbocycles. The number of anilines is 2. The number of amides is 1. The lowest BCUT2D eigenvalue weighted by atomic mass is 10.2. The van der Waals surface area contributed by atoms with E-state index in [0.717, 1.165) is 17.0 Å². The Morgan fingerprint density at radius 1 is 1.48 bits per heavy atom. The summed E-state index contributed by atoms with van der Waals surface area (Å²) in [6.45, 7) is -0.421. The Hall–Kier alpha value is -1.94. The van der Waals surface area contributed by atoms with Gasteiger partial charge in [0.2, 0.25) is 5.91 Å². The van der Waals surface area contributed by atoms with E-state index in [1.807, 2.05) is 0 Å². The molecular weight excluding hydrogens is 329 g/mol. The average molecular weight is 338 g/mol. The average Bonchev–Trinajstić information content (AvgIpc) is 2.73. The Balaban J connectivity index is 2.42. The Labute approximate surface area is 123 Å². The number of nitro groups is 1. The minimum atomic E-state index is -4.87. The van der Waals surface area contributed by atoms with Crippen molar-refractivity contribution in [3.63, 3.8) is 0 Å². The van der Waals surface area contributed by atoms with E-state index >= 15 is 0 Å². The third-order valence-electron chi connectivity index (χ3n) is 3.07. The molecule has 21 heavy (non-hydrogen) atoms. The monoisotopic (exact) mass is 337 g/mol. The van der Waals surface area contributed by atoms with Crippen LogP contribution in [0.1, 0.15) is 6.42 Å². The van der Waals surface area contributed by atoms with Crippen LogP contribution < -0.4 is 10.6 Å². The molecule has 1 heterocycles. The van der Waals surface area contributed by atoms with Crippen molar-refractivity contribution in [2.45, 2.75) is 11.7 Å². The molecule has 114 valence electrons. The summed E-state index contributed by atoms with van der Waals surface area (Å²) in [5, 5.41) is 8.96. The number of nitrogens with zero attached hydrogens (tertiary/aromatic N) is 2. The standard InChI is InChI=1S/C10H9ClFN3O5S/c11-6-2-9(7(13)3-8(6)15(17)18)14-4-5(1-10(14)16)21(12,19)20/h2-3,5H,1,4,13H2. The van der Waals surface area contributed by atoms with Crippen molar-refractivity contribution >= 4 is 44.8 Å². The number of halogens is 2. The van der Waals surface area contributed by atoms with E-state index in [1.165, 1.54) is 0 Å². The van der Waals surface area contributed by atoms with Gasteiger partial charge in [0.15, 0.2) is 0 Å². The van der Waals surface area contributed by atoms with Crippen LogP contribution in [-0.4, -0.2) is 31.0 Å². The van der Waals surface area contributed by atoms with Gasteiger partial charge in [-0.25, -0.2) is 0 Å². The molecule has 1 amide bonds. The van der Waals surface area contributed by atoms with Crippen LogP contribution in [-0.2, 0) is 15.0 Å². The Morgan fingerprint density at radius 2 is 2.10 bits per heavy atom. The maximum atomic E-state index is 13.0. The van der Waals surface area contributed by atoms with Crippen molar-refractivity contribution in [3.8, 4) is 0 Å². The van der Waals surface area contributed by atoms with E-state index in [0.29, 0.717) is 0 Å². The molecule has 0 aromatic heterocycles. The van der Waals surface area contributed by atoms with Crippen molar-refractivity contribution < 1.29 is 22.0 Å². The summed E-state index contributed by atoms with van der Waals surface area (Å²) in [6.07, 6.45) is -0.521. The van der Waals surface area contributed by atoms with Crippen LogP contribution in [0.25, 0.3) is 0 Å². The predicted octanol–water partition coefficient (Wildman–Crippen LogP) is 1.24. The third-order valence-corrected chi connectivity index (χ3v) is 4.49. The quantitative estimate of drug-likeness (QED) is 0.383. The highest BCUT2D eigenvalue weighted by molar-refractivity contribution is 7.87. The summed E-state index contributed by atoms with van der Waals surface area (Å²) in [5.41, 5.74) is 5.07. The first-order valence-corrected chi connectivity index (χ1v) is 7.41. The number of nitrogen functional groups attached to an aromatic ring is 1. The lowest BCUT2D eigenvalue weighted by Gasteiger charge is -2.18. The van der Waals surface area contributed by atoms with Crippen molar-refractivity contribution in [2.24, 2.45) is 0 Å². The number of nitro benzene ring substituents is 1. The number of carbonyl (C=O) groups excluding carboxylic acids is 1. The minimum absolute atomic E-state index is 0.0155. The van der Waals surface area contributed by atoms with Crippen LogP contribution in [0.3, 0.4) is 0 Å². The molecule has 1 unspecified atom stereocenters. The molecule has 0 spiro atoms. The second-order valence-corrected chi connectivity index (χ2v) is 6.45. The van der Waals surface area contributed by atoms with Crippen LogP contribution >= 0.6 is 11.6 Å². The Bertz CT molecular complexity index is 738. The van der Waals surface area contributed by atoms with Crippen LogP contribution in [0.2, 0.25) is 5.02 Å². The zero-order valence-corrected chi connectivity index (χ0v) is 11.9. The highest BCUT2D eigenvalue weighted by atomic mass is 35.5. The normalized spacial score (nSPS) is 19.0. The van der Waals surface area contributed by atoms with Crippen LogP contribution in [0.15, 0.2) is 12.1 Å². The van der Waals surface area contributed by atoms with Crippen molar-refractivity contribution in [2.75, 3.05) is 17.2 Å². The van der Waals surface area contributed by atoms with Crippen LogP contribution in [0.5, 0.6) is 0 Å². The van der Waals surface area contributed by atoms with E-state index in [9.17, 15) is 27.2 Å². The molecule has 1 aromatic rings. The molecule has 2 N–H and O–H groups in total. The fourth-order valence-electron chi connectivity index (χ4n) is 2.04. The van der Waals surface area contributed by atoms with Gasteiger partial charge in [-0.1, -0.05) is 11.6 Å². The number of hydrogen-bond acceptors (Lipinski definition) is 6. The van der Waals surface area contributed by atoms with Crippen molar-refractivity contribution in [3.05, 3.63) is 27.3 Å². The molecule has 8 nitrogen and oxygen atoms in total. The van der Waals surface area contributed by atoms with Gasteiger partial charge in [-0.05, 0) is 6.07 Å². The topological polar surface area (TPSA) is 124 Å². The minimum Gasteiger partial charge on any atom is -0.397 e. The lowest BCUT2D eigenvalue weighted by Crippen LogP contribution is -2.27. The molecule has 1 aliphatic rings. The number of carbonyl (C=O) groups is 1. The van der Waals surface area contributed by atoms with Gasteiger partial charge in [-0.2, -0.15) is 8.42 Å². The first-order valence-electron chi connectivity index (χ1n) is 5.58.